The molecule has 0 aliphatic carbocycles. The highest BCUT2D eigenvalue weighted by Gasteiger charge is 2.07. The van der Waals surface area contributed by atoms with Gasteiger partial charge in [-0.3, -0.25) is 0 Å². The van der Waals surface area contributed by atoms with Crippen LogP contribution in [-0.4, -0.2) is 5.90 Å². The Bertz CT molecular complexity index is 883. The van der Waals surface area contributed by atoms with Crippen LogP contribution >= 0.6 is 0 Å². The van der Waals surface area contributed by atoms with Crippen molar-refractivity contribution in [3.8, 4) is 11.5 Å². The van der Waals surface area contributed by atoms with E-state index in [-0.39, 0.29) is 0 Å². The molecule has 3 aromatic carbocycles. The number of aryl methyl sites for hydroxylation is 1. The fraction of sp³-hybridized carbons (Fsp3) is 0.0870. The predicted octanol–water partition coefficient (Wildman–Crippen LogP) is 6.09. The normalized spacial score (nSPS) is 11.9. The van der Waals surface area contributed by atoms with Crippen molar-refractivity contribution in [3.63, 3.8) is 0 Å². The van der Waals surface area contributed by atoms with E-state index in [1.54, 1.807) is 6.26 Å². The van der Waals surface area contributed by atoms with E-state index >= 15 is 0 Å². The Labute approximate surface area is 154 Å². The second kappa shape index (κ2) is 8.67. The Balaban J connectivity index is 1.87. The first-order chi connectivity index (χ1) is 12.7. The van der Waals surface area contributed by atoms with Crippen LogP contribution in [0.4, 0.5) is 5.69 Å². The van der Waals surface area contributed by atoms with Gasteiger partial charge in [-0.25, -0.2) is 4.99 Å². The molecule has 0 unspecified atom stereocenters. The fourth-order valence-electron chi connectivity index (χ4n) is 2.23. The van der Waals surface area contributed by atoms with Crippen LogP contribution in [0.15, 0.2) is 102 Å². The summed E-state index contributed by atoms with van der Waals surface area (Å²) in [5.41, 5.74) is 2.81. The molecule has 0 amide bonds. The summed E-state index contributed by atoms with van der Waals surface area (Å²) in [6.07, 6.45) is 1.66. The molecule has 0 aliphatic heterocycles. The third-order valence-electron chi connectivity index (χ3n) is 3.67. The summed E-state index contributed by atoms with van der Waals surface area (Å²) in [6, 6.07) is 27.2. The molecule has 130 valence electrons. The van der Waals surface area contributed by atoms with Crippen molar-refractivity contribution in [2.45, 2.75) is 13.8 Å². The smallest absolute Gasteiger partial charge is 0.225 e. The minimum Gasteiger partial charge on any atom is -0.465 e. The van der Waals surface area contributed by atoms with Gasteiger partial charge >= 0.3 is 0 Å². The van der Waals surface area contributed by atoms with Crippen LogP contribution in [0.25, 0.3) is 0 Å². The van der Waals surface area contributed by atoms with Gasteiger partial charge in [-0.1, -0.05) is 54.1 Å². The number of hydrogen-bond donors (Lipinski definition) is 0. The highest BCUT2D eigenvalue weighted by atomic mass is 16.5. The zero-order valence-corrected chi connectivity index (χ0v) is 14.9. The van der Waals surface area contributed by atoms with Crippen molar-refractivity contribution < 1.29 is 9.47 Å². The number of para-hydroxylation sites is 2. The first kappa shape index (κ1) is 17.5. The second-order valence-corrected chi connectivity index (χ2v) is 5.90. The molecule has 3 aromatic rings. The maximum Gasteiger partial charge on any atom is 0.225 e. The predicted molar refractivity (Wildman–Crippen MR) is 106 cm³/mol. The Hall–Kier alpha value is -3.33. The van der Waals surface area contributed by atoms with Gasteiger partial charge in [0.2, 0.25) is 5.90 Å². The quantitative estimate of drug-likeness (QED) is 0.319. The lowest BCUT2D eigenvalue weighted by Gasteiger charge is -2.10. The van der Waals surface area contributed by atoms with Crippen LogP contribution in [0.1, 0.15) is 12.5 Å². The van der Waals surface area contributed by atoms with Crippen LogP contribution in [0.3, 0.4) is 0 Å². The molecule has 0 atom stereocenters. The van der Waals surface area contributed by atoms with E-state index in [9.17, 15) is 0 Å². The molecular formula is C23H21NO2. The third-order valence-corrected chi connectivity index (χ3v) is 3.67. The van der Waals surface area contributed by atoms with Crippen molar-refractivity contribution >= 4 is 11.6 Å². The molecule has 3 nitrogen and oxygen atoms in total. The molecule has 26 heavy (non-hydrogen) atoms. The first-order valence-electron chi connectivity index (χ1n) is 8.48. The van der Waals surface area contributed by atoms with Crippen LogP contribution < -0.4 is 9.47 Å². The number of hydrogen-bond acceptors (Lipinski definition) is 3. The van der Waals surface area contributed by atoms with Gasteiger partial charge in [-0.05, 0) is 50.2 Å². The second-order valence-electron chi connectivity index (χ2n) is 5.90. The van der Waals surface area contributed by atoms with Crippen molar-refractivity contribution in [2.24, 2.45) is 4.99 Å². The fourth-order valence-corrected chi connectivity index (χ4v) is 2.23. The van der Waals surface area contributed by atoms with E-state index in [1.165, 1.54) is 5.56 Å². The molecule has 0 spiro atoms. The number of nitrogens with zero attached hydrogens (tertiary/aromatic N) is 1. The minimum atomic E-state index is 0.496. The lowest BCUT2D eigenvalue weighted by Crippen LogP contribution is -2.10. The van der Waals surface area contributed by atoms with E-state index in [2.05, 4.69) is 4.99 Å². The highest BCUT2D eigenvalue weighted by Crippen LogP contribution is 2.18. The summed E-state index contributed by atoms with van der Waals surface area (Å²) >= 11 is 0. The molecule has 0 N–H and O–H groups in total. The van der Waals surface area contributed by atoms with E-state index < -0.39 is 0 Å². The highest BCUT2D eigenvalue weighted by molar-refractivity contribution is 5.96. The largest absolute Gasteiger partial charge is 0.465 e. The van der Waals surface area contributed by atoms with Crippen molar-refractivity contribution in [1.82, 2.24) is 0 Å². The van der Waals surface area contributed by atoms with Crippen LogP contribution in [-0.2, 0) is 0 Å². The van der Waals surface area contributed by atoms with Crippen LogP contribution in [0.2, 0.25) is 0 Å². The van der Waals surface area contributed by atoms with Crippen LogP contribution in [0, 0.1) is 6.92 Å². The number of ether oxygens (including phenoxy) is 2. The summed E-state index contributed by atoms with van der Waals surface area (Å²) in [6.45, 7) is 3.96. The van der Waals surface area contributed by atoms with E-state index in [0.29, 0.717) is 5.90 Å². The van der Waals surface area contributed by atoms with E-state index in [4.69, 9.17) is 9.47 Å². The number of benzene rings is 3. The Morgan fingerprint density at radius 3 is 1.96 bits per heavy atom. The van der Waals surface area contributed by atoms with Crippen LogP contribution in [0.5, 0.6) is 11.5 Å². The maximum absolute atomic E-state index is 6.00. The van der Waals surface area contributed by atoms with Gasteiger partial charge in [0, 0.05) is 5.57 Å². The summed E-state index contributed by atoms with van der Waals surface area (Å²) in [5, 5.41) is 0. The summed E-state index contributed by atoms with van der Waals surface area (Å²) in [4.78, 5) is 4.65. The Morgan fingerprint density at radius 1 is 0.769 bits per heavy atom. The van der Waals surface area contributed by atoms with Gasteiger partial charge in [0.05, 0.1) is 11.9 Å². The molecule has 3 heteroatoms. The molecular weight excluding hydrogens is 322 g/mol. The van der Waals surface area contributed by atoms with Gasteiger partial charge in [0.15, 0.2) is 0 Å². The Kier molecular flexibility index (Phi) is 5.84. The van der Waals surface area contributed by atoms with Gasteiger partial charge in [0.1, 0.15) is 11.5 Å². The van der Waals surface area contributed by atoms with E-state index in [0.717, 1.165) is 22.8 Å². The zero-order valence-electron chi connectivity index (χ0n) is 14.9. The third kappa shape index (κ3) is 5.08. The standard InChI is InChI=1S/C23H21NO2/c1-18-13-15-20(16-14-18)24-23(26-22-11-7-4-8-12-22)19(2)17-25-21-9-5-3-6-10-21/h3-17H,1-2H3/b19-17+,24-23-. The topological polar surface area (TPSA) is 30.8 Å². The molecule has 0 saturated heterocycles. The number of rotatable bonds is 5. The zero-order chi connectivity index (χ0) is 18.2. The number of aliphatic imine (C=N–C) groups is 1. The summed E-state index contributed by atoms with van der Waals surface area (Å²) < 4.78 is 11.7. The van der Waals surface area contributed by atoms with Gasteiger partial charge in [-0.15, -0.1) is 0 Å². The Morgan fingerprint density at radius 2 is 1.35 bits per heavy atom. The molecule has 0 saturated carbocycles. The van der Waals surface area contributed by atoms with Gasteiger partial charge in [0.25, 0.3) is 0 Å². The average Bonchev–Trinajstić information content (AvgIpc) is 2.69. The molecule has 0 heterocycles. The average molecular weight is 343 g/mol. The molecule has 3 rings (SSSR count). The van der Waals surface area contributed by atoms with Gasteiger partial charge in [-0.2, -0.15) is 0 Å². The lowest BCUT2D eigenvalue weighted by molar-refractivity contribution is 0.473. The van der Waals surface area contributed by atoms with E-state index in [1.807, 2.05) is 98.8 Å². The van der Waals surface area contributed by atoms with Crippen molar-refractivity contribution in [1.29, 1.82) is 0 Å². The molecule has 0 aromatic heterocycles. The van der Waals surface area contributed by atoms with Gasteiger partial charge < -0.3 is 9.47 Å². The minimum absolute atomic E-state index is 0.496. The molecule has 0 radical (unpaired) electrons. The maximum atomic E-state index is 6.00. The SMILES string of the molecule is CC(=C\Oc1ccccc1)/C(=N/c1ccc(C)cc1)Oc1ccccc1. The monoisotopic (exact) mass is 343 g/mol. The molecule has 0 aliphatic rings. The summed E-state index contributed by atoms with van der Waals surface area (Å²) in [7, 11) is 0. The molecule has 0 fully saturated rings. The summed E-state index contributed by atoms with van der Waals surface area (Å²) in [5.74, 6) is 1.99. The molecule has 0 bridgehead atoms. The van der Waals surface area contributed by atoms with Crippen molar-refractivity contribution in [2.75, 3.05) is 0 Å². The lowest BCUT2D eigenvalue weighted by atomic mass is 10.2. The van der Waals surface area contributed by atoms with Crippen molar-refractivity contribution in [3.05, 3.63) is 102 Å². The first-order valence-corrected chi connectivity index (χ1v) is 8.48.